The van der Waals surface area contributed by atoms with E-state index in [9.17, 15) is 4.79 Å². The molecule has 1 aromatic carbocycles. The van der Waals surface area contributed by atoms with Gasteiger partial charge in [-0.2, -0.15) is 5.10 Å². The molecule has 0 aliphatic carbocycles. The highest BCUT2D eigenvalue weighted by Gasteiger charge is 2.42. The van der Waals surface area contributed by atoms with Crippen molar-refractivity contribution in [2.24, 2.45) is 0 Å². The van der Waals surface area contributed by atoms with Crippen molar-refractivity contribution in [3.8, 4) is 11.1 Å². The molecule has 0 spiro atoms. The van der Waals surface area contributed by atoms with Gasteiger partial charge in [-0.3, -0.25) is 4.68 Å². The van der Waals surface area contributed by atoms with Crippen molar-refractivity contribution in [3.63, 3.8) is 0 Å². The summed E-state index contributed by atoms with van der Waals surface area (Å²) in [4.78, 5) is 25.2. The molecule has 1 N–H and O–H groups in total. The lowest BCUT2D eigenvalue weighted by Gasteiger charge is -2.39. The lowest BCUT2D eigenvalue weighted by Crippen LogP contribution is -2.51. The molecular weight excluding hydrogens is 634 g/mol. The van der Waals surface area contributed by atoms with Crippen molar-refractivity contribution in [2.75, 3.05) is 24.7 Å². The Morgan fingerprint density at radius 1 is 1.09 bits per heavy atom. The molecule has 13 heteroatoms. The first kappa shape index (κ1) is 32.4. The third-order valence-corrected chi connectivity index (χ3v) is 11.5. The fourth-order valence-corrected chi connectivity index (χ4v) is 8.06. The van der Waals surface area contributed by atoms with Crippen molar-refractivity contribution in [1.82, 2.24) is 29.6 Å². The van der Waals surface area contributed by atoms with Gasteiger partial charge in [0.05, 0.1) is 36.0 Å². The molecule has 4 aromatic rings. The SMILES string of the molecule is CC(C)(C)OC(=O)NC1CC2CC[C@@H](C1)N2c1cnc2c(-c3ccc4nn(C5COC5)cc4c3Cl)cn(COCC[Si](C)(C)C)c2n1. The summed E-state index contributed by atoms with van der Waals surface area (Å²) in [6.45, 7) is 15.2. The van der Waals surface area contributed by atoms with Crippen LogP contribution in [0.5, 0.6) is 0 Å². The molecule has 2 bridgehead atoms. The molecule has 11 nitrogen and oxygen atoms in total. The second kappa shape index (κ2) is 12.4. The molecular formula is C34H46ClN7O4Si. The van der Waals surface area contributed by atoms with E-state index in [2.05, 4.69) is 40.6 Å². The summed E-state index contributed by atoms with van der Waals surface area (Å²) in [6.07, 6.45) is 9.45. The zero-order valence-corrected chi connectivity index (χ0v) is 30.0. The van der Waals surface area contributed by atoms with Crippen LogP contribution in [-0.4, -0.2) is 82.0 Å². The van der Waals surface area contributed by atoms with Crippen LogP contribution >= 0.6 is 11.6 Å². The summed E-state index contributed by atoms with van der Waals surface area (Å²) in [5, 5.41) is 9.43. The van der Waals surface area contributed by atoms with E-state index < -0.39 is 13.7 Å². The normalized spacial score (nSPS) is 21.9. The molecule has 3 aliphatic rings. The van der Waals surface area contributed by atoms with Gasteiger partial charge in [-0.1, -0.05) is 37.3 Å². The maximum Gasteiger partial charge on any atom is 0.407 e. The van der Waals surface area contributed by atoms with Gasteiger partial charge in [0.15, 0.2) is 5.65 Å². The molecule has 252 valence electrons. The minimum absolute atomic E-state index is 0.0729. The maximum absolute atomic E-state index is 12.5. The number of hydrogen-bond donors (Lipinski definition) is 1. The van der Waals surface area contributed by atoms with E-state index in [-0.39, 0.29) is 30.3 Å². The van der Waals surface area contributed by atoms with Gasteiger partial charge in [-0.05, 0) is 58.6 Å². The predicted octanol–water partition coefficient (Wildman–Crippen LogP) is 7.01. The van der Waals surface area contributed by atoms with Crippen LogP contribution < -0.4 is 10.2 Å². The van der Waals surface area contributed by atoms with E-state index in [0.29, 0.717) is 31.6 Å². The number of aromatic nitrogens is 5. The van der Waals surface area contributed by atoms with Gasteiger partial charge < -0.3 is 29.0 Å². The van der Waals surface area contributed by atoms with Crippen LogP contribution in [0, 0.1) is 0 Å². The van der Waals surface area contributed by atoms with E-state index in [1.807, 2.05) is 50.0 Å². The number of nitrogens with one attached hydrogen (secondary N) is 1. The van der Waals surface area contributed by atoms with Crippen LogP contribution in [0.15, 0.2) is 30.7 Å². The fraction of sp³-hybridized carbons (Fsp3) is 0.588. The first-order valence-electron chi connectivity index (χ1n) is 16.8. The number of carbonyl (C=O) groups is 1. The van der Waals surface area contributed by atoms with Crippen LogP contribution in [0.25, 0.3) is 33.2 Å². The van der Waals surface area contributed by atoms with E-state index in [4.69, 9.17) is 40.9 Å². The lowest BCUT2D eigenvalue weighted by molar-refractivity contribution is -0.0283. The smallest absolute Gasteiger partial charge is 0.407 e. The summed E-state index contributed by atoms with van der Waals surface area (Å²) in [7, 11) is -1.24. The van der Waals surface area contributed by atoms with Gasteiger partial charge >= 0.3 is 6.09 Å². The highest BCUT2D eigenvalue weighted by atomic mass is 35.5. The Hall–Kier alpha value is -3.19. The number of alkyl carbamates (subject to hydrolysis) is 1. The third-order valence-electron chi connectivity index (χ3n) is 9.42. The van der Waals surface area contributed by atoms with E-state index >= 15 is 0 Å². The zero-order valence-electron chi connectivity index (χ0n) is 28.3. The number of anilines is 1. The van der Waals surface area contributed by atoms with Crippen molar-refractivity contribution >= 4 is 53.7 Å². The Labute approximate surface area is 281 Å². The second-order valence-electron chi connectivity index (χ2n) is 15.5. The lowest BCUT2D eigenvalue weighted by atomic mass is 9.97. The minimum atomic E-state index is -1.24. The molecule has 3 saturated heterocycles. The monoisotopic (exact) mass is 679 g/mol. The van der Waals surface area contributed by atoms with Crippen molar-refractivity contribution in [3.05, 3.63) is 35.7 Å². The summed E-state index contributed by atoms with van der Waals surface area (Å²) >= 11 is 7.11. The summed E-state index contributed by atoms with van der Waals surface area (Å²) in [6, 6.07) is 6.00. The first-order valence-corrected chi connectivity index (χ1v) is 20.9. The number of hydrogen-bond acceptors (Lipinski definition) is 8. The van der Waals surface area contributed by atoms with Gasteiger partial charge in [0, 0.05) is 61.7 Å². The quantitative estimate of drug-likeness (QED) is 0.149. The standard InChI is InChI=1S/C34H46ClN7O4Si/c1-34(2,3)46-33(43)37-21-13-22-7-8-23(14-21)42(22)29-15-36-31-26(16-40(32(31)38-29)20-44-11-12-47(4,5)6)25-9-10-28-27(30(25)35)17-41(39-28)24-18-45-19-24/h9-10,15-17,21-24H,7-8,11-14,18-20H2,1-6H3,(H,37,43)/t21?,22-,23?/m0/s1. The molecule has 7 rings (SSSR count). The summed E-state index contributed by atoms with van der Waals surface area (Å²) in [5.74, 6) is 0.860. The summed E-state index contributed by atoms with van der Waals surface area (Å²) in [5.41, 5.74) is 3.71. The number of benzene rings is 1. The average molecular weight is 680 g/mol. The molecule has 1 amide bonds. The molecule has 2 unspecified atom stereocenters. The molecule has 6 heterocycles. The van der Waals surface area contributed by atoms with Crippen molar-refractivity contribution in [1.29, 1.82) is 0 Å². The van der Waals surface area contributed by atoms with Gasteiger partial charge in [0.25, 0.3) is 0 Å². The van der Waals surface area contributed by atoms with Gasteiger partial charge in [0.2, 0.25) is 0 Å². The second-order valence-corrected chi connectivity index (χ2v) is 21.5. The molecule has 3 aromatic heterocycles. The first-order chi connectivity index (χ1) is 22.3. The van der Waals surface area contributed by atoms with Crippen molar-refractivity contribution in [2.45, 2.75) is 109 Å². The molecule has 3 atom stereocenters. The molecule has 0 saturated carbocycles. The largest absolute Gasteiger partial charge is 0.444 e. The predicted molar refractivity (Wildman–Crippen MR) is 187 cm³/mol. The maximum atomic E-state index is 12.5. The Balaban J connectivity index is 1.19. The van der Waals surface area contributed by atoms with Crippen LogP contribution in [-0.2, 0) is 20.9 Å². The Morgan fingerprint density at radius 3 is 2.49 bits per heavy atom. The van der Waals surface area contributed by atoms with E-state index in [0.717, 1.165) is 70.7 Å². The van der Waals surface area contributed by atoms with Gasteiger partial charge in [-0.15, -0.1) is 0 Å². The number of ether oxygens (including phenoxy) is 3. The number of nitrogens with zero attached hydrogens (tertiary/aromatic N) is 6. The highest BCUT2D eigenvalue weighted by Crippen LogP contribution is 2.41. The molecule has 47 heavy (non-hydrogen) atoms. The Morgan fingerprint density at radius 2 is 1.83 bits per heavy atom. The van der Waals surface area contributed by atoms with E-state index in [1.54, 1.807) is 0 Å². The highest BCUT2D eigenvalue weighted by molar-refractivity contribution is 6.76. The van der Waals surface area contributed by atoms with E-state index in [1.165, 1.54) is 0 Å². The summed E-state index contributed by atoms with van der Waals surface area (Å²) < 4.78 is 21.2. The number of rotatable bonds is 9. The molecule has 0 radical (unpaired) electrons. The molecule has 3 fully saturated rings. The number of amides is 1. The van der Waals surface area contributed by atoms with Crippen LogP contribution in [0.1, 0.15) is 52.5 Å². The average Bonchev–Trinajstić information content (AvgIpc) is 3.61. The molecule has 3 aliphatic heterocycles. The minimum Gasteiger partial charge on any atom is -0.444 e. The number of carbonyl (C=O) groups excluding carboxylic acids is 1. The Kier molecular flexibility index (Phi) is 8.51. The van der Waals surface area contributed by atoms with Gasteiger partial charge in [0.1, 0.15) is 23.7 Å². The topological polar surface area (TPSA) is 109 Å². The fourth-order valence-electron chi connectivity index (χ4n) is 6.99. The van der Waals surface area contributed by atoms with Crippen molar-refractivity contribution < 1.29 is 19.0 Å². The number of fused-ring (bicyclic) bond motifs is 4. The van der Waals surface area contributed by atoms with Gasteiger partial charge in [-0.25, -0.2) is 14.8 Å². The Bertz CT molecular complexity index is 1780. The number of halogens is 1. The third kappa shape index (κ3) is 6.74. The zero-order chi connectivity index (χ0) is 33.1. The number of piperidine rings is 1. The van der Waals surface area contributed by atoms with Crippen LogP contribution in [0.4, 0.5) is 10.6 Å². The van der Waals surface area contributed by atoms with Crippen LogP contribution in [0.3, 0.4) is 0 Å². The van der Waals surface area contributed by atoms with Crippen LogP contribution in [0.2, 0.25) is 30.7 Å².